The summed E-state index contributed by atoms with van der Waals surface area (Å²) in [5.74, 6) is 1.59. The second-order valence-corrected chi connectivity index (χ2v) is 6.97. The minimum atomic E-state index is 0.253. The van der Waals surface area contributed by atoms with Crippen LogP contribution in [0.25, 0.3) is 22.2 Å². The van der Waals surface area contributed by atoms with E-state index in [9.17, 15) is 5.11 Å². The molecular formula is C21H24N4O. The molecule has 1 aliphatic rings. The molecule has 2 atom stereocenters. The van der Waals surface area contributed by atoms with Gasteiger partial charge in [0.05, 0.1) is 0 Å². The Balaban J connectivity index is 1.38. The number of fused-ring (bicyclic) bond motifs is 1. The number of rotatable bonds is 6. The second kappa shape index (κ2) is 7.91. The van der Waals surface area contributed by atoms with Gasteiger partial charge in [0, 0.05) is 43.2 Å². The van der Waals surface area contributed by atoms with E-state index in [1.165, 1.54) is 10.8 Å². The Morgan fingerprint density at radius 1 is 1.00 bits per heavy atom. The van der Waals surface area contributed by atoms with Gasteiger partial charge in [-0.15, -0.1) is 0 Å². The highest BCUT2D eigenvalue weighted by atomic mass is 16.3. The predicted octanol–water partition coefficient (Wildman–Crippen LogP) is 2.21. The van der Waals surface area contributed by atoms with E-state index in [1.807, 2.05) is 24.5 Å². The summed E-state index contributed by atoms with van der Waals surface area (Å²) in [6, 6.07) is 14.6. The Morgan fingerprint density at radius 3 is 2.58 bits per heavy atom. The van der Waals surface area contributed by atoms with Gasteiger partial charge in [-0.25, -0.2) is 9.97 Å². The molecule has 0 saturated carbocycles. The van der Waals surface area contributed by atoms with Crippen molar-refractivity contribution in [2.75, 3.05) is 26.2 Å². The van der Waals surface area contributed by atoms with Crippen LogP contribution in [0.4, 0.5) is 0 Å². The van der Waals surface area contributed by atoms with Crippen molar-refractivity contribution >= 4 is 10.8 Å². The zero-order valence-electron chi connectivity index (χ0n) is 14.7. The van der Waals surface area contributed by atoms with Crippen LogP contribution in [0.15, 0.2) is 54.9 Å². The molecule has 0 unspecified atom stereocenters. The molecule has 1 fully saturated rings. The minimum Gasteiger partial charge on any atom is -0.396 e. The van der Waals surface area contributed by atoms with E-state index < -0.39 is 0 Å². The van der Waals surface area contributed by atoms with Gasteiger partial charge < -0.3 is 15.7 Å². The number of nitrogens with zero attached hydrogens (tertiary/aromatic N) is 2. The number of aliphatic hydroxyl groups is 1. The van der Waals surface area contributed by atoms with Crippen LogP contribution in [-0.4, -0.2) is 41.3 Å². The van der Waals surface area contributed by atoms with Crippen molar-refractivity contribution in [1.82, 2.24) is 20.6 Å². The van der Waals surface area contributed by atoms with Crippen LogP contribution in [0.2, 0.25) is 0 Å². The first kappa shape index (κ1) is 17.1. The number of nitrogens with one attached hydrogen (secondary N) is 2. The molecule has 26 heavy (non-hydrogen) atoms. The van der Waals surface area contributed by atoms with E-state index in [0.29, 0.717) is 11.8 Å². The summed E-state index contributed by atoms with van der Waals surface area (Å²) >= 11 is 0. The Labute approximate surface area is 153 Å². The zero-order valence-corrected chi connectivity index (χ0v) is 14.7. The van der Waals surface area contributed by atoms with Gasteiger partial charge >= 0.3 is 0 Å². The molecule has 0 radical (unpaired) electrons. The Bertz CT molecular complexity index is 865. The van der Waals surface area contributed by atoms with Crippen LogP contribution < -0.4 is 10.6 Å². The largest absolute Gasteiger partial charge is 0.396 e. The average Bonchev–Trinajstić information content (AvgIpc) is 3.16. The highest BCUT2D eigenvalue weighted by Gasteiger charge is 2.25. The standard InChI is InChI=1S/C21H24N4O/c26-14-20-13-23-12-19(20)11-22-8-15-9-24-21(25-10-15)18-6-5-16-3-1-2-4-17(16)7-18/h1-7,9-10,19-20,22-23,26H,8,11-14H2/t19-,20+/m1/s1. The maximum Gasteiger partial charge on any atom is 0.159 e. The number of benzene rings is 2. The summed E-state index contributed by atoms with van der Waals surface area (Å²) < 4.78 is 0. The topological polar surface area (TPSA) is 70.1 Å². The number of aromatic nitrogens is 2. The molecule has 3 aromatic rings. The molecule has 5 nitrogen and oxygen atoms in total. The van der Waals surface area contributed by atoms with Crippen LogP contribution in [0, 0.1) is 11.8 Å². The maximum atomic E-state index is 9.37. The van der Waals surface area contributed by atoms with Gasteiger partial charge in [0.15, 0.2) is 5.82 Å². The lowest BCUT2D eigenvalue weighted by Crippen LogP contribution is -2.29. The lowest BCUT2D eigenvalue weighted by Gasteiger charge is -2.16. The fourth-order valence-corrected chi connectivity index (χ4v) is 3.57. The van der Waals surface area contributed by atoms with Gasteiger partial charge in [-0.1, -0.05) is 36.4 Å². The van der Waals surface area contributed by atoms with Crippen molar-refractivity contribution in [3.05, 3.63) is 60.4 Å². The molecule has 0 amide bonds. The molecule has 3 N–H and O–H groups in total. The summed E-state index contributed by atoms with van der Waals surface area (Å²) in [6.07, 6.45) is 3.78. The second-order valence-electron chi connectivity index (χ2n) is 6.97. The predicted molar refractivity (Wildman–Crippen MR) is 104 cm³/mol. The third-order valence-corrected chi connectivity index (χ3v) is 5.16. The minimum absolute atomic E-state index is 0.253. The summed E-state index contributed by atoms with van der Waals surface area (Å²) in [4.78, 5) is 9.07. The molecule has 5 heteroatoms. The maximum absolute atomic E-state index is 9.37. The average molecular weight is 348 g/mol. The van der Waals surface area contributed by atoms with Crippen molar-refractivity contribution in [1.29, 1.82) is 0 Å². The summed E-state index contributed by atoms with van der Waals surface area (Å²) in [5.41, 5.74) is 2.10. The van der Waals surface area contributed by atoms with Crippen molar-refractivity contribution in [2.24, 2.45) is 11.8 Å². The third kappa shape index (κ3) is 3.75. The quantitative estimate of drug-likeness (QED) is 0.637. The fraction of sp³-hybridized carbons (Fsp3) is 0.333. The highest BCUT2D eigenvalue weighted by Crippen LogP contribution is 2.21. The zero-order chi connectivity index (χ0) is 17.8. The van der Waals surface area contributed by atoms with Crippen molar-refractivity contribution in [3.8, 4) is 11.4 Å². The molecule has 0 spiro atoms. The molecule has 0 aliphatic carbocycles. The van der Waals surface area contributed by atoms with Crippen LogP contribution in [0.3, 0.4) is 0 Å². The molecule has 2 aromatic carbocycles. The molecule has 1 saturated heterocycles. The smallest absolute Gasteiger partial charge is 0.159 e. The first-order valence-electron chi connectivity index (χ1n) is 9.16. The molecule has 4 rings (SSSR count). The molecular weight excluding hydrogens is 324 g/mol. The first-order chi connectivity index (χ1) is 12.8. The van der Waals surface area contributed by atoms with E-state index in [0.717, 1.165) is 43.1 Å². The lowest BCUT2D eigenvalue weighted by molar-refractivity contribution is 0.203. The molecule has 2 heterocycles. The molecule has 0 bridgehead atoms. The van der Waals surface area contributed by atoms with E-state index in [-0.39, 0.29) is 6.61 Å². The normalized spacial score (nSPS) is 19.9. The van der Waals surface area contributed by atoms with Gasteiger partial charge in [-0.2, -0.15) is 0 Å². The van der Waals surface area contributed by atoms with Crippen molar-refractivity contribution in [2.45, 2.75) is 6.54 Å². The van der Waals surface area contributed by atoms with E-state index in [2.05, 4.69) is 50.9 Å². The van der Waals surface area contributed by atoms with Crippen LogP contribution in [0.1, 0.15) is 5.56 Å². The third-order valence-electron chi connectivity index (χ3n) is 5.16. The lowest BCUT2D eigenvalue weighted by atomic mass is 9.97. The monoisotopic (exact) mass is 348 g/mol. The highest BCUT2D eigenvalue weighted by molar-refractivity contribution is 5.86. The molecule has 134 valence electrons. The Kier molecular flexibility index (Phi) is 5.20. The number of hydrogen-bond acceptors (Lipinski definition) is 5. The van der Waals surface area contributed by atoms with E-state index in [1.54, 1.807) is 0 Å². The first-order valence-corrected chi connectivity index (χ1v) is 9.16. The van der Waals surface area contributed by atoms with Crippen LogP contribution >= 0.6 is 0 Å². The van der Waals surface area contributed by atoms with Gasteiger partial charge in [0.1, 0.15) is 0 Å². The SMILES string of the molecule is OC[C@@H]1CNC[C@H]1CNCc1cnc(-c2ccc3ccccc3c2)nc1. The van der Waals surface area contributed by atoms with E-state index >= 15 is 0 Å². The molecule has 1 aliphatic heterocycles. The Morgan fingerprint density at radius 2 is 1.77 bits per heavy atom. The van der Waals surface area contributed by atoms with Crippen LogP contribution in [0.5, 0.6) is 0 Å². The summed E-state index contributed by atoms with van der Waals surface area (Å²) in [5, 5.41) is 18.6. The van der Waals surface area contributed by atoms with E-state index in [4.69, 9.17) is 0 Å². The molecule has 1 aromatic heterocycles. The number of aliphatic hydroxyl groups excluding tert-OH is 1. The summed E-state index contributed by atoms with van der Waals surface area (Å²) in [7, 11) is 0. The Hall–Kier alpha value is -2.34. The van der Waals surface area contributed by atoms with Crippen molar-refractivity contribution < 1.29 is 5.11 Å². The van der Waals surface area contributed by atoms with Crippen LogP contribution in [-0.2, 0) is 6.54 Å². The van der Waals surface area contributed by atoms with Gasteiger partial charge in [-0.05, 0) is 41.8 Å². The summed E-state index contributed by atoms with van der Waals surface area (Å²) in [6.45, 7) is 3.77. The van der Waals surface area contributed by atoms with Crippen molar-refractivity contribution in [3.63, 3.8) is 0 Å². The fourth-order valence-electron chi connectivity index (χ4n) is 3.57. The number of hydrogen-bond donors (Lipinski definition) is 3. The van der Waals surface area contributed by atoms with Gasteiger partial charge in [-0.3, -0.25) is 0 Å². The van der Waals surface area contributed by atoms with Gasteiger partial charge in [0.2, 0.25) is 0 Å². The van der Waals surface area contributed by atoms with Gasteiger partial charge in [0.25, 0.3) is 0 Å².